The second kappa shape index (κ2) is 8.47. The topological polar surface area (TPSA) is 85.2 Å². The molecule has 0 fully saturated rings. The largest absolute Gasteiger partial charge is 0.380 e. The number of rotatable bonds is 10. The van der Waals surface area contributed by atoms with E-state index in [1.807, 2.05) is 14.0 Å². The first kappa shape index (κ1) is 18.1. The van der Waals surface area contributed by atoms with E-state index < -0.39 is 10.0 Å². The standard InChI is InChI=1S/C13H26N4O3S/c1-5-20-10-8-15-21(18,19)13-11(2)16-17(12(13)3)9-6-7-14-4/h14-15H,5-10H2,1-4H3. The van der Waals surface area contributed by atoms with Crippen molar-refractivity contribution in [1.82, 2.24) is 19.8 Å². The molecule has 7 nitrogen and oxygen atoms in total. The van der Waals surface area contributed by atoms with Crippen molar-refractivity contribution < 1.29 is 13.2 Å². The van der Waals surface area contributed by atoms with Gasteiger partial charge >= 0.3 is 0 Å². The van der Waals surface area contributed by atoms with E-state index >= 15 is 0 Å². The second-order valence-electron chi connectivity index (χ2n) is 4.77. The average Bonchev–Trinajstić information content (AvgIpc) is 2.70. The molecule has 0 aromatic carbocycles. The van der Waals surface area contributed by atoms with Gasteiger partial charge in [0.15, 0.2) is 0 Å². The molecule has 1 aromatic rings. The summed E-state index contributed by atoms with van der Waals surface area (Å²) < 4.78 is 34.1. The number of hydrogen-bond donors (Lipinski definition) is 2. The van der Waals surface area contributed by atoms with Crippen LogP contribution < -0.4 is 10.0 Å². The predicted molar refractivity (Wildman–Crippen MR) is 81.9 cm³/mol. The fourth-order valence-electron chi connectivity index (χ4n) is 2.16. The van der Waals surface area contributed by atoms with Gasteiger partial charge in [-0.2, -0.15) is 5.10 Å². The lowest BCUT2D eigenvalue weighted by molar-refractivity contribution is 0.153. The molecule has 0 bridgehead atoms. The average molecular weight is 318 g/mol. The number of sulfonamides is 1. The molecule has 8 heteroatoms. The van der Waals surface area contributed by atoms with Crippen LogP contribution in [0.1, 0.15) is 24.7 Å². The number of nitrogens with zero attached hydrogens (tertiary/aromatic N) is 2. The first-order valence-electron chi connectivity index (χ1n) is 7.20. The van der Waals surface area contributed by atoms with Crippen molar-refractivity contribution >= 4 is 10.0 Å². The summed E-state index contributed by atoms with van der Waals surface area (Å²) in [4.78, 5) is 0.281. The summed E-state index contributed by atoms with van der Waals surface area (Å²) >= 11 is 0. The van der Waals surface area contributed by atoms with E-state index in [9.17, 15) is 8.42 Å². The maximum absolute atomic E-state index is 12.3. The van der Waals surface area contributed by atoms with Gasteiger partial charge in [-0.25, -0.2) is 13.1 Å². The third-order valence-electron chi connectivity index (χ3n) is 3.12. The van der Waals surface area contributed by atoms with Gasteiger partial charge in [-0.1, -0.05) is 0 Å². The van der Waals surface area contributed by atoms with Gasteiger partial charge in [0, 0.05) is 19.7 Å². The smallest absolute Gasteiger partial charge is 0.244 e. The molecule has 0 saturated carbocycles. The molecule has 21 heavy (non-hydrogen) atoms. The van der Waals surface area contributed by atoms with Crippen LogP contribution in [0, 0.1) is 13.8 Å². The molecule has 0 spiro atoms. The molecule has 1 aromatic heterocycles. The van der Waals surface area contributed by atoms with Gasteiger partial charge in [0.2, 0.25) is 10.0 Å². The van der Waals surface area contributed by atoms with Crippen LogP contribution in [0.3, 0.4) is 0 Å². The minimum Gasteiger partial charge on any atom is -0.380 e. The first-order valence-corrected chi connectivity index (χ1v) is 8.68. The summed E-state index contributed by atoms with van der Waals surface area (Å²) in [6.45, 7) is 8.15. The van der Waals surface area contributed by atoms with Crippen molar-refractivity contribution in [1.29, 1.82) is 0 Å². The van der Waals surface area contributed by atoms with Crippen molar-refractivity contribution in [2.75, 3.05) is 33.4 Å². The normalized spacial score (nSPS) is 12.0. The van der Waals surface area contributed by atoms with E-state index in [4.69, 9.17) is 4.74 Å². The quantitative estimate of drug-likeness (QED) is 0.611. The molecule has 2 N–H and O–H groups in total. The van der Waals surface area contributed by atoms with Crippen molar-refractivity contribution in [2.24, 2.45) is 0 Å². The minimum absolute atomic E-state index is 0.264. The Morgan fingerprint density at radius 2 is 2.00 bits per heavy atom. The van der Waals surface area contributed by atoms with Gasteiger partial charge < -0.3 is 10.1 Å². The Morgan fingerprint density at radius 3 is 2.62 bits per heavy atom. The Kier molecular flexibility index (Phi) is 7.30. The summed E-state index contributed by atoms with van der Waals surface area (Å²) in [7, 11) is -1.65. The Labute approximate surface area is 127 Å². The minimum atomic E-state index is -3.54. The molecule has 1 rings (SSSR count). The molecule has 0 radical (unpaired) electrons. The fourth-order valence-corrected chi connectivity index (χ4v) is 3.58. The van der Waals surface area contributed by atoms with Crippen LogP contribution in [0.5, 0.6) is 0 Å². The highest BCUT2D eigenvalue weighted by Gasteiger charge is 2.23. The molecule has 0 aliphatic carbocycles. The Balaban J connectivity index is 2.81. The van der Waals surface area contributed by atoms with Crippen LogP contribution in [0.4, 0.5) is 0 Å². The van der Waals surface area contributed by atoms with E-state index in [2.05, 4.69) is 15.1 Å². The second-order valence-corrected chi connectivity index (χ2v) is 6.48. The molecule has 0 atom stereocenters. The zero-order chi connectivity index (χ0) is 15.9. The van der Waals surface area contributed by atoms with Crippen molar-refractivity contribution in [3.63, 3.8) is 0 Å². The molecule has 0 amide bonds. The molecule has 122 valence electrons. The van der Waals surface area contributed by atoms with Crippen molar-refractivity contribution in [2.45, 2.75) is 38.6 Å². The number of aromatic nitrogens is 2. The first-order chi connectivity index (χ1) is 9.94. The van der Waals surface area contributed by atoms with Gasteiger partial charge in [0.1, 0.15) is 4.90 Å². The van der Waals surface area contributed by atoms with Crippen LogP contribution in [0.2, 0.25) is 0 Å². The number of nitrogens with one attached hydrogen (secondary N) is 2. The number of ether oxygens (including phenoxy) is 1. The zero-order valence-corrected chi connectivity index (χ0v) is 14.1. The summed E-state index contributed by atoms with van der Waals surface area (Å²) in [6, 6.07) is 0. The molecular weight excluding hydrogens is 292 g/mol. The van der Waals surface area contributed by atoms with Crippen LogP contribution in [0.25, 0.3) is 0 Å². The van der Waals surface area contributed by atoms with E-state index in [0.29, 0.717) is 31.1 Å². The Hall–Kier alpha value is -0.960. The highest BCUT2D eigenvalue weighted by atomic mass is 32.2. The van der Waals surface area contributed by atoms with Crippen LogP contribution in [-0.2, 0) is 21.3 Å². The maximum atomic E-state index is 12.3. The predicted octanol–water partition coefficient (Wildman–Crippen LogP) is 0.424. The highest BCUT2D eigenvalue weighted by molar-refractivity contribution is 7.89. The van der Waals surface area contributed by atoms with E-state index in [-0.39, 0.29) is 11.4 Å². The van der Waals surface area contributed by atoms with Crippen LogP contribution in [-0.4, -0.2) is 51.5 Å². The molecule has 0 unspecified atom stereocenters. The fraction of sp³-hybridized carbons (Fsp3) is 0.769. The SMILES string of the molecule is CCOCCNS(=O)(=O)c1c(C)nn(CCCNC)c1C. The summed E-state index contributed by atoms with van der Waals surface area (Å²) in [5.74, 6) is 0. The van der Waals surface area contributed by atoms with Crippen molar-refractivity contribution in [3.05, 3.63) is 11.4 Å². The lowest BCUT2D eigenvalue weighted by atomic mass is 10.4. The van der Waals surface area contributed by atoms with Gasteiger partial charge in [-0.15, -0.1) is 0 Å². The Morgan fingerprint density at radius 1 is 1.29 bits per heavy atom. The highest BCUT2D eigenvalue weighted by Crippen LogP contribution is 2.19. The molecule has 0 saturated heterocycles. The molecule has 0 aliphatic heterocycles. The number of aryl methyl sites for hydroxylation is 2. The van der Waals surface area contributed by atoms with Crippen LogP contribution in [0.15, 0.2) is 4.90 Å². The lowest BCUT2D eigenvalue weighted by Gasteiger charge is -2.08. The van der Waals surface area contributed by atoms with Crippen LogP contribution >= 0.6 is 0 Å². The molecule has 1 heterocycles. The summed E-state index contributed by atoms with van der Waals surface area (Å²) in [5.41, 5.74) is 1.20. The maximum Gasteiger partial charge on any atom is 0.244 e. The third kappa shape index (κ3) is 5.06. The van der Waals surface area contributed by atoms with Gasteiger partial charge in [-0.3, -0.25) is 4.68 Å². The lowest BCUT2D eigenvalue weighted by Crippen LogP contribution is -2.28. The van der Waals surface area contributed by atoms with Crippen molar-refractivity contribution in [3.8, 4) is 0 Å². The van der Waals surface area contributed by atoms with E-state index in [1.54, 1.807) is 18.5 Å². The summed E-state index contributed by atoms with van der Waals surface area (Å²) in [6.07, 6.45) is 0.899. The Bertz CT molecular complexity index is 540. The zero-order valence-electron chi connectivity index (χ0n) is 13.3. The monoisotopic (exact) mass is 318 g/mol. The van der Waals surface area contributed by atoms with Gasteiger partial charge in [0.25, 0.3) is 0 Å². The molecule has 0 aliphatic rings. The van der Waals surface area contributed by atoms with Gasteiger partial charge in [-0.05, 0) is 40.8 Å². The number of hydrogen-bond acceptors (Lipinski definition) is 5. The van der Waals surface area contributed by atoms with Gasteiger partial charge in [0.05, 0.1) is 18.0 Å². The van der Waals surface area contributed by atoms with E-state index in [0.717, 1.165) is 13.0 Å². The molecular formula is C13H26N4O3S. The third-order valence-corrected chi connectivity index (χ3v) is 4.84. The van der Waals surface area contributed by atoms with E-state index in [1.165, 1.54) is 0 Å². The summed E-state index contributed by atoms with van der Waals surface area (Å²) in [5, 5.41) is 7.39.